The molecule has 0 aliphatic heterocycles. The molecule has 2 N–H and O–H groups in total. The lowest BCUT2D eigenvalue weighted by Gasteiger charge is -1.95. The molecule has 0 spiro atoms. The molecule has 1 aromatic carbocycles. The highest BCUT2D eigenvalue weighted by atomic mass is 16.5. The third kappa shape index (κ3) is 1.67. The van der Waals surface area contributed by atoms with E-state index in [1.54, 1.807) is 0 Å². The summed E-state index contributed by atoms with van der Waals surface area (Å²) in [5, 5.41) is 13.7. The van der Waals surface area contributed by atoms with E-state index in [9.17, 15) is 4.79 Å². The third-order valence-electron chi connectivity index (χ3n) is 1.98. The largest absolute Gasteiger partial charge is 0.411 e. The van der Waals surface area contributed by atoms with Crippen molar-refractivity contribution >= 4 is 6.21 Å². The van der Waals surface area contributed by atoms with Crippen molar-refractivity contribution in [2.24, 2.45) is 5.16 Å². The summed E-state index contributed by atoms with van der Waals surface area (Å²) in [5.41, 5.74) is 0.923. The summed E-state index contributed by atoms with van der Waals surface area (Å²) in [6.45, 7) is 0. The number of nitrogens with zero attached hydrogens (tertiary/aromatic N) is 1. The Hall–Kier alpha value is -2.30. The van der Waals surface area contributed by atoms with Gasteiger partial charge in [0, 0.05) is 5.56 Å². The van der Waals surface area contributed by atoms with E-state index in [1.807, 2.05) is 30.3 Å². The standard InChI is InChI=1S/C10H8N2O3/c13-10-8(6-11-14)9(12-15-10)7-4-2-1-3-5-7/h1-6,12,14H/b11-6-. The average Bonchev–Trinajstić information content (AvgIpc) is 2.63. The molecule has 5 heteroatoms. The number of oxime groups is 1. The quantitative estimate of drug-likeness (QED) is 0.441. The van der Waals surface area contributed by atoms with Gasteiger partial charge in [0.05, 0.1) is 11.9 Å². The zero-order chi connectivity index (χ0) is 10.7. The summed E-state index contributed by atoms with van der Waals surface area (Å²) in [6.07, 6.45) is 1.05. The van der Waals surface area contributed by atoms with Crippen LogP contribution in [0.3, 0.4) is 0 Å². The van der Waals surface area contributed by atoms with Gasteiger partial charge in [-0.15, -0.1) is 0 Å². The zero-order valence-corrected chi connectivity index (χ0v) is 7.68. The van der Waals surface area contributed by atoms with Gasteiger partial charge < -0.3 is 9.73 Å². The number of H-pyrrole nitrogens is 1. The molecular weight excluding hydrogens is 196 g/mol. The minimum atomic E-state index is -0.563. The van der Waals surface area contributed by atoms with Gasteiger partial charge in [0.15, 0.2) is 0 Å². The third-order valence-corrected chi connectivity index (χ3v) is 1.98. The van der Waals surface area contributed by atoms with Gasteiger partial charge in [-0.25, -0.2) is 9.95 Å². The van der Waals surface area contributed by atoms with Crippen molar-refractivity contribution in [2.75, 3.05) is 0 Å². The number of benzene rings is 1. The fourth-order valence-electron chi connectivity index (χ4n) is 1.30. The summed E-state index contributed by atoms with van der Waals surface area (Å²) < 4.78 is 4.62. The van der Waals surface area contributed by atoms with Crippen molar-refractivity contribution in [3.8, 4) is 11.3 Å². The van der Waals surface area contributed by atoms with Gasteiger partial charge in [-0.05, 0) is 0 Å². The Morgan fingerprint density at radius 3 is 2.73 bits per heavy atom. The van der Waals surface area contributed by atoms with Gasteiger partial charge in [-0.1, -0.05) is 35.5 Å². The normalized spacial score (nSPS) is 10.9. The monoisotopic (exact) mass is 204 g/mol. The molecule has 1 aromatic heterocycles. The van der Waals surface area contributed by atoms with Crippen LogP contribution in [0.5, 0.6) is 0 Å². The van der Waals surface area contributed by atoms with Gasteiger partial charge in [0.25, 0.3) is 0 Å². The van der Waals surface area contributed by atoms with Crippen LogP contribution in [0.15, 0.2) is 44.8 Å². The Balaban J connectivity index is 2.59. The number of hydrogen-bond acceptors (Lipinski definition) is 4. The van der Waals surface area contributed by atoms with Crippen LogP contribution in [0.1, 0.15) is 5.56 Å². The van der Waals surface area contributed by atoms with E-state index in [0.29, 0.717) is 5.69 Å². The minimum absolute atomic E-state index is 0.198. The number of hydrogen-bond donors (Lipinski definition) is 2. The zero-order valence-electron chi connectivity index (χ0n) is 7.68. The maximum Gasteiger partial charge on any atom is 0.366 e. The summed E-state index contributed by atoms with van der Waals surface area (Å²) in [4.78, 5) is 11.2. The molecule has 5 nitrogen and oxygen atoms in total. The van der Waals surface area contributed by atoms with Crippen LogP contribution in [0, 0.1) is 0 Å². The molecule has 0 aliphatic carbocycles. The predicted molar refractivity (Wildman–Crippen MR) is 54.1 cm³/mol. The first-order chi connectivity index (χ1) is 7.33. The summed E-state index contributed by atoms with van der Waals surface area (Å²) in [6, 6.07) is 9.16. The highest BCUT2D eigenvalue weighted by Crippen LogP contribution is 2.17. The molecule has 0 fully saturated rings. The minimum Gasteiger partial charge on any atom is -0.411 e. The van der Waals surface area contributed by atoms with Crippen LogP contribution in [0.4, 0.5) is 0 Å². The molecule has 0 atom stereocenters. The first-order valence-corrected chi connectivity index (χ1v) is 4.27. The molecule has 2 aromatic rings. The Morgan fingerprint density at radius 1 is 1.33 bits per heavy atom. The van der Waals surface area contributed by atoms with E-state index in [0.717, 1.165) is 11.8 Å². The van der Waals surface area contributed by atoms with Crippen molar-refractivity contribution in [1.29, 1.82) is 0 Å². The highest BCUT2D eigenvalue weighted by Gasteiger charge is 2.11. The summed E-state index contributed by atoms with van der Waals surface area (Å²) in [5.74, 6) is 0. The van der Waals surface area contributed by atoms with Gasteiger partial charge in [-0.3, -0.25) is 0 Å². The fraction of sp³-hybridized carbons (Fsp3) is 0. The molecule has 76 valence electrons. The van der Waals surface area contributed by atoms with Crippen molar-refractivity contribution in [1.82, 2.24) is 5.16 Å². The van der Waals surface area contributed by atoms with E-state index in [2.05, 4.69) is 14.8 Å². The van der Waals surface area contributed by atoms with E-state index in [1.165, 1.54) is 0 Å². The molecule has 0 aliphatic rings. The number of nitrogens with one attached hydrogen (secondary N) is 1. The van der Waals surface area contributed by atoms with Crippen LogP contribution in [0.2, 0.25) is 0 Å². The molecular formula is C10H8N2O3. The van der Waals surface area contributed by atoms with Gasteiger partial charge in [-0.2, -0.15) is 0 Å². The number of aromatic amines is 1. The molecule has 0 unspecified atom stereocenters. The number of aromatic nitrogens is 1. The van der Waals surface area contributed by atoms with Gasteiger partial charge in [0.1, 0.15) is 5.56 Å². The second kappa shape index (κ2) is 3.83. The molecule has 0 amide bonds. The van der Waals surface area contributed by atoms with Crippen molar-refractivity contribution in [3.63, 3.8) is 0 Å². The van der Waals surface area contributed by atoms with Crippen LogP contribution in [-0.4, -0.2) is 16.6 Å². The van der Waals surface area contributed by atoms with Crippen molar-refractivity contribution < 1.29 is 9.73 Å². The van der Waals surface area contributed by atoms with Gasteiger partial charge in [0.2, 0.25) is 0 Å². The summed E-state index contributed by atoms with van der Waals surface area (Å²) >= 11 is 0. The topological polar surface area (TPSA) is 78.6 Å². The van der Waals surface area contributed by atoms with Gasteiger partial charge >= 0.3 is 5.63 Å². The maximum atomic E-state index is 11.2. The second-order valence-electron chi connectivity index (χ2n) is 2.89. The average molecular weight is 204 g/mol. The van der Waals surface area contributed by atoms with Crippen LogP contribution < -0.4 is 5.63 Å². The summed E-state index contributed by atoms with van der Waals surface area (Å²) in [7, 11) is 0. The smallest absolute Gasteiger partial charge is 0.366 e. The Morgan fingerprint density at radius 2 is 2.07 bits per heavy atom. The predicted octanol–water partition coefficient (Wildman–Crippen LogP) is 1.44. The molecule has 0 bridgehead atoms. The lowest BCUT2D eigenvalue weighted by molar-refractivity contribution is 0.321. The maximum absolute atomic E-state index is 11.2. The van der Waals surface area contributed by atoms with E-state index in [-0.39, 0.29) is 5.56 Å². The lowest BCUT2D eigenvalue weighted by Crippen LogP contribution is -2.01. The van der Waals surface area contributed by atoms with E-state index < -0.39 is 5.63 Å². The first kappa shape index (κ1) is 9.26. The number of rotatable bonds is 2. The Bertz CT molecular complexity index is 525. The SMILES string of the molecule is O=c1o[nH]c(-c2ccccc2)c1/C=N\O. The molecule has 0 radical (unpaired) electrons. The van der Waals surface area contributed by atoms with E-state index in [4.69, 9.17) is 5.21 Å². The van der Waals surface area contributed by atoms with Crippen LogP contribution >= 0.6 is 0 Å². The fourth-order valence-corrected chi connectivity index (χ4v) is 1.30. The highest BCUT2D eigenvalue weighted by molar-refractivity contribution is 5.87. The van der Waals surface area contributed by atoms with E-state index >= 15 is 0 Å². The van der Waals surface area contributed by atoms with Crippen molar-refractivity contribution in [2.45, 2.75) is 0 Å². The Kier molecular flexibility index (Phi) is 2.37. The molecule has 0 saturated heterocycles. The molecule has 0 saturated carbocycles. The van der Waals surface area contributed by atoms with Crippen molar-refractivity contribution in [3.05, 3.63) is 46.3 Å². The lowest BCUT2D eigenvalue weighted by atomic mass is 10.1. The Labute approximate surface area is 84.6 Å². The molecule has 2 rings (SSSR count). The molecule has 15 heavy (non-hydrogen) atoms. The second-order valence-corrected chi connectivity index (χ2v) is 2.89. The van der Waals surface area contributed by atoms with Crippen LogP contribution in [0.25, 0.3) is 11.3 Å². The first-order valence-electron chi connectivity index (χ1n) is 4.27. The van der Waals surface area contributed by atoms with Crippen LogP contribution in [-0.2, 0) is 0 Å². The molecule has 1 heterocycles.